The zero-order valence-corrected chi connectivity index (χ0v) is 12.4. The minimum atomic E-state index is -0.364. The summed E-state index contributed by atoms with van der Waals surface area (Å²) in [7, 11) is 1.34. The second-order valence-electron chi connectivity index (χ2n) is 5.00. The number of methoxy groups -OCH3 is 1. The minimum absolute atomic E-state index is 0.0480. The van der Waals surface area contributed by atoms with Gasteiger partial charge in [-0.05, 0) is 23.6 Å². The summed E-state index contributed by atoms with van der Waals surface area (Å²) < 4.78 is 11.7. The maximum Gasteiger partial charge on any atom is 0.327 e. The van der Waals surface area contributed by atoms with Gasteiger partial charge in [0.25, 0.3) is 0 Å². The Morgan fingerprint density at radius 3 is 2.90 bits per heavy atom. The van der Waals surface area contributed by atoms with Crippen molar-refractivity contribution < 1.29 is 14.3 Å². The molecule has 0 bridgehead atoms. The van der Waals surface area contributed by atoms with Crippen LogP contribution in [0, 0.1) is 0 Å². The van der Waals surface area contributed by atoms with Crippen LogP contribution >= 0.6 is 0 Å². The van der Waals surface area contributed by atoms with Crippen LogP contribution in [0.4, 0.5) is 0 Å². The highest BCUT2D eigenvalue weighted by molar-refractivity contribution is 5.68. The van der Waals surface area contributed by atoms with Gasteiger partial charge < -0.3 is 9.47 Å². The van der Waals surface area contributed by atoms with Crippen molar-refractivity contribution in [1.82, 2.24) is 15.0 Å². The summed E-state index contributed by atoms with van der Waals surface area (Å²) >= 11 is 0. The Morgan fingerprint density at radius 2 is 2.19 bits per heavy atom. The molecule has 6 nitrogen and oxygen atoms in total. The van der Waals surface area contributed by atoms with Crippen LogP contribution in [0.3, 0.4) is 0 Å². The third kappa shape index (κ3) is 4.30. The fourth-order valence-corrected chi connectivity index (χ4v) is 1.80. The van der Waals surface area contributed by atoms with Gasteiger partial charge in [0.1, 0.15) is 24.6 Å². The van der Waals surface area contributed by atoms with Crippen molar-refractivity contribution in [2.24, 2.45) is 0 Å². The molecular formula is C15H19N3O3. The Morgan fingerprint density at radius 1 is 1.38 bits per heavy atom. The normalized spacial score (nSPS) is 10.7. The first kappa shape index (κ1) is 15.0. The van der Waals surface area contributed by atoms with Crippen LogP contribution in [0.25, 0.3) is 0 Å². The molecule has 2 rings (SSSR count). The zero-order chi connectivity index (χ0) is 15.2. The summed E-state index contributed by atoms with van der Waals surface area (Å²) in [5.74, 6) is 0.884. The number of carbonyl (C=O) groups excluding carboxylic acids is 1. The zero-order valence-electron chi connectivity index (χ0n) is 12.4. The van der Waals surface area contributed by atoms with Crippen LogP contribution < -0.4 is 4.74 Å². The van der Waals surface area contributed by atoms with Gasteiger partial charge in [-0.25, -0.2) is 4.68 Å². The molecule has 1 aromatic heterocycles. The topological polar surface area (TPSA) is 66.2 Å². The number of benzene rings is 1. The molecule has 0 saturated heterocycles. The average Bonchev–Trinajstić information content (AvgIpc) is 2.92. The lowest BCUT2D eigenvalue weighted by atomic mass is 10.0. The summed E-state index contributed by atoms with van der Waals surface area (Å²) in [6.45, 7) is 4.63. The number of aromatic nitrogens is 3. The Labute approximate surface area is 123 Å². The van der Waals surface area contributed by atoms with E-state index in [2.05, 4.69) is 35.0 Å². The SMILES string of the molecule is COC(=O)Cn1cc(COc2cccc(C(C)C)c2)nn1. The summed E-state index contributed by atoms with van der Waals surface area (Å²) in [4.78, 5) is 11.1. The van der Waals surface area contributed by atoms with Gasteiger partial charge in [0.2, 0.25) is 0 Å². The summed E-state index contributed by atoms with van der Waals surface area (Å²) in [6, 6.07) is 7.97. The van der Waals surface area contributed by atoms with E-state index in [4.69, 9.17) is 4.74 Å². The molecule has 0 fully saturated rings. The van der Waals surface area contributed by atoms with E-state index in [9.17, 15) is 4.79 Å². The predicted molar refractivity (Wildman–Crippen MR) is 76.9 cm³/mol. The highest BCUT2D eigenvalue weighted by Crippen LogP contribution is 2.20. The first-order valence-corrected chi connectivity index (χ1v) is 6.77. The lowest BCUT2D eigenvalue weighted by molar-refractivity contribution is -0.141. The fraction of sp³-hybridized carbons (Fsp3) is 0.400. The third-order valence-corrected chi connectivity index (χ3v) is 3.02. The van der Waals surface area contributed by atoms with E-state index in [0.29, 0.717) is 18.2 Å². The predicted octanol–water partition coefficient (Wildman–Crippen LogP) is 2.15. The molecule has 6 heteroatoms. The number of rotatable bonds is 6. The maximum atomic E-state index is 11.1. The quantitative estimate of drug-likeness (QED) is 0.762. The third-order valence-electron chi connectivity index (χ3n) is 3.02. The molecule has 0 saturated carbocycles. The van der Waals surface area contributed by atoms with Crippen molar-refractivity contribution in [2.75, 3.05) is 7.11 Å². The molecule has 112 valence electrons. The van der Waals surface area contributed by atoms with Gasteiger partial charge in [-0.1, -0.05) is 31.2 Å². The van der Waals surface area contributed by atoms with E-state index in [-0.39, 0.29) is 12.5 Å². The molecule has 0 atom stereocenters. The molecule has 0 radical (unpaired) electrons. The van der Waals surface area contributed by atoms with E-state index in [0.717, 1.165) is 5.75 Å². The Bertz CT molecular complexity index is 608. The summed E-state index contributed by atoms with van der Waals surface area (Å²) in [6.07, 6.45) is 1.67. The van der Waals surface area contributed by atoms with Crippen LogP contribution in [-0.2, 0) is 22.7 Å². The van der Waals surface area contributed by atoms with Gasteiger partial charge in [-0.2, -0.15) is 0 Å². The van der Waals surface area contributed by atoms with E-state index in [1.807, 2.05) is 18.2 Å². The Hall–Kier alpha value is -2.37. The molecule has 0 amide bonds. The van der Waals surface area contributed by atoms with E-state index < -0.39 is 0 Å². The first-order chi connectivity index (χ1) is 10.1. The van der Waals surface area contributed by atoms with Gasteiger partial charge in [-0.3, -0.25) is 4.79 Å². The van der Waals surface area contributed by atoms with Gasteiger partial charge in [0, 0.05) is 0 Å². The maximum absolute atomic E-state index is 11.1. The number of hydrogen-bond acceptors (Lipinski definition) is 5. The largest absolute Gasteiger partial charge is 0.487 e. The van der Waals surface area contributed by atoms with Crippen molar-refractivity contribution in [1.29, 1.82) is 0 Å². The molecule has 1 aromatic carbocycles. The molecule has 1 heterocycles. The second kappa shape index (κ2) is 6.88. The Kier molecular flexibility index (Phi) is 4.92. The van der Waals surface area contributed by atoms with Crippen molar-refractivity contribution >= 4 is 5.97 Å². The smallest absolute Gasteiger partial charge is 0.327 e. The van der Waals surface area contributed by atoms with Crippen molar-refractivity contribution in [3.05, 3.63) is 41.7 Å². The van der Waals surface area contributed by atoms with Crippen LogP contribution in [0.15, 0.2) is 30.5 Å². The van der Waals surface area contributed by atoms with Crippen LogP contribution in [-0.4, -0.2) is 28.1 Å². The monoisotopic (exact) mass is 289 g/mol. The fourth-order valence-electron chi connectivity index (χ4n) is 1.80. The molecular weight excluding hydrogens is 270 g/mol. The average molecular weight is 289 g/mol. The highest BCUT2D eigenvalue weighted by Gasteiger charge is 2.07. The molecule has 21 heavy (non-hydrogen) atoms. The van der Waals surface area contributed by atoms with E-state index in [1.165, 1.54) is 17.4 Å². The van der Waals surface area contributed by atoms with Gasteiger partial charge in [0.15, 0.2) is 0 Å². The van der Waals surface area contributed by atoms with E-state index >= 15 is 0 Å². The number of ether oxygens (including phenoxy) is 2. The van der Waals surface area contributed by atoms with Gasteiger partial charge in [-0.15, -0.1) is 5.10 Å². The van der Waals surface area contributed by atoms with Crippen molar-refractivity contribution in [3.8, 4) is 5.75 Å². The number of hydrogen-bond donors (Lipinski definition) is 0. The Balaban J connectivity index is 1.94. The molecule has 0 aliphatic rings. The molecule has 0 N–H and O–H groups in total. The van der Waals surface area contributed by atoms with Crippen molar-refractivity contribution in [3.63, 3.8) is 0 Å². The van der Waals surface area contributed by atoms with Gasteiger partial charge in [0.05, 0.1) is 13.3 Å². The molecule has 0 aliphatic heterocycles. The number of carbonyl (C=O) groups is 1. The molecule has 2 aromatic rings. The number of esters is 1. The van der Waals surface area contributed by atoms with Crippen LogP contribution in [0.1, 0.15) is 31.0 Å². The number of nitrogens with zero attached hydrogens (tertiary/aromatic N) is 3. The molecule has 0 spiro atoms. The standard InChI is InChI=1S/C15H19N3O3/c1-11(2)12-5-4-6-14(7-12)21-10-13-8-18(17-16-13)9-15(19)20-3/h4-8,11H,9-10H2,1-3H3. The molecule has 0 unspecified atom stereocenters. The lowest BCUT2D eigenvalue weighted by Gasteiger charge is -2.08. The highest BCUT2D eigenvalue weighted by atomic mass is 16.5. The lowest BCUT2D eigenvalue weighted by Crippen LogP contribution is -2.11. The first-order valence-electron chi connectivity index (χ1n) is 6.77. The molecule has 0 aliphatic carbocycles. The minimum Gasteiger partial charge on any atom is -0.487 e. The van der Waals surface area contributed by atoms with Crippen LogP contribution in [0.2, 0.25) is 0 Å². The summed E-state index contributed by atoms with van der Waals surface area (Å²) in [5, 5.41) is 7.80. The van der Waals surface area contributed by atoms with Crippen LogP contribution in [0.5, 0.6) is 5.75 Å². The summed E-state index contributed by atoms with van der Waals surface area (Å²) in [5.41, 5.74) is 1.88. The second-order valence-corrected chi connectivity index (χ2v) is 5.00. The van der Waals surface area contributed by atoms with Gasteiger partial charge >= 0.3 is 5.97 Å². The van der Waals surface area contributed by atoms with E-state index in [1.54, 1.807) is 6.20 Å². The van der Waals surface area contributed by atoms with Crippen molar-refractivity contribution in [2.45, 2.75) is 32.9 Å².